The van der Waals surface area contributed by atoms with Gasteiger partial charge in [0.2, 0.25) is 0 Å². The van der Waals surface area contributed by atoms with E-state index >= 15 is 0 Å². The van der Waals surface area contributed by atoms with Crippen LogP contribution in [0.5, 0.6) is 0 Å². The van der Waals surface area contributed by atoms with Crippen molar-refractivity contribution in [2.75, 3.05) is 0 Å². The molecular formula is CH4CrN3S. The molecule has 0 aromatic carbocycles. The Bertz CT molecular complexity index is 32.3. The predicted molar refractivity (Wildman–Crippen MR) is 23.5 cm³/mol. The zero-order chi connectivity index (χ0) is 2.71. The van der Waals surface area contributed by atoms with Crippen LogP contribution >= 0.6 is 0 Å². The maximum Gasteiger partial charge on any atom is 3.00 e. The van der Waals surface area contributed by atoms with Crippen molar-refractivity contribution in [2.45, 2.75) is 0 Å². The first-order valence-electron chi connectivity index (χ1n) is 0.428. The number of nitriles is 1. The molecule has 0 amide bonds. The van der Waals surface area contributed by atoms with Crippen LogP contribution in [0, 0.1) is 10.7 Å². The summed E-state index contributed by atoms with van der Waals surface area (Å²) in [5.41, 5.74) is 0. The van der Waals surface area contributed by atoms with Crippen LogP contribution in [0.1, 0.15) is 0 Å². The minimum atomic E-state index is 0. The third-order valence-electron chi connectivity index (χ3n) is 0. The number of nitrogens with two attached hydrogens (primary N) is 2. The van der Waals surface area contributed by atoms with Gasteiger partial charge in [-0.05, 0) is 0 Å². The van der Waals surface area contributed by atoms with E-state index < -0.39 is 0 Å². The van der Waals surface area contributed by atoms with Crippen LogP contribution in [-0.2, 0) is 30.0 Å². The third-order valence-corrected chi connectivity index (χ3v) is 0. The number of thiocyanates is 1. The average Bonchev–Trinajstić information content (AvgIpc) is 0.918. The summed E-state index contributed by atoms with van der Waals surface area (Å²) in [4.78, 5) is 0. The Kier molecular flexibility index (Phi) is 387. The summed E-state index contributed by atoms with van der Waals surface area (Å²) in [6.45, 7) is 0. The molecular weight excluding hydrogens is 138 g/mol. The molecule has 4 N–H and O–H groups in total. The molecule has 0 bridgehead atoms. The van der Waals surface area contributed by atoms with Crippen molar-refractivity contribution in [3.63, 3.8) is 0 Å². The van der Waals surface area contributed by atoms with E-state index in [1.165, 1.54) is 5.40 Å². The molecule has 0 aliphatic heterocycles. The van der Waals surface area contributed by atoms with E-state index in [0.717, 1.165) is 0 Å². The van der Waals surface area contributed by atoms with Gasteiger partial charge in [-0.25, -0.2) is 5.26 Å². The fourth-order valence-corrected chi connectivity index (χ4v) is 0. The van der Waals surface area contributed by atoms with Crippen molar-refractivity contribution >= 4 is 12.6 Å². The molecule has 0 saturated heterocycles. The van der Waals surface area contributed by atoms with Crippen LogP contribution < -0.4 is 0 Å². The number of hydrogen-bond donors (Lipinski definition) is 0. The molecule has 0 aliphatic carbocycles. The molecule has 0 atom stereocenters. The Morgan fingerprint density at radius 3 is 1.33 bits per heavy atom. The Balaban J connectivity index is -0.00000000667. The molecule has 0 fully saturated rings. The van der Waals surface area contributed by atoms with E-state index in [9.17, 15) is 0 Å². The number of rotatable bonds is 0. The van der Waals surface area contributed by atoms with Crippen LogP contribution in [0.25, 0.3) is 12.3 Å². The largest absolute Gasteiger partial charge is 3.00 e. The first-order valence-corrected chi connectivity index (χ1v) is 0.836. The quantitative estimate of drug-likeness (QED) is 0.378. The van der Waals surface area contributed by atoms with Crippen LogP contribution in [0.2, 0.25) is 0 Å². The summed E-state index contributed by atoms with van der Waals surface area (Å²) < 4.78 is 0. The van der Waals surface area contributed by atoms with Crippen LogP contribution in [0.4, 0.5) is 0 Å². The Morgan fingerprint density at radius 2 is 1.33 bits per heavy atom. The standard InChI is InChI=1S/CHNS.Cr.2H2N/c2-1-3;;;/h3H;;2*1H2/q;+3;2*-1/p-1. The number of nitrogens with zero attached hydrogens (tertiary/aromatic N) is 1. The topological polar surface area (TPSA) is 90.8 Å². The van der Waals surface area contributed by atoms with Crippen molar-refractivity contribution in [2.24, 2.45) is 0 Å². The van der Waals surface area contributed by atoms with Crippen molar-refractivity contribution in [3.05, 3.63) is 12.3 Å². The van der Waals surface area contributed by atoms with E-state index in [1.807, 2.05) is 0 Å². The molecule has 0 unspecified atom stereocenters. The molecule has 0 rings (SSSR count). The molecule has 0 spiro atoms. The normalized spacial score (nSPS) is 1.17. The molecule has 6 heavy (non-hydrogen) atoms. The monoisotopic (exact) mass is 142 g/mol. The molecule has 0 heterocycles. The van der Waals surface area contributed by atoms with Gasteiger partial charge in [-0.2, -0.15) is 0 Å². The van der Waals surface area contributed by atoms with Gasteiger partial charge >= 0.3 is 17.4 Å². The van der Waals surface area contributed by atoms with Crippen LogP contribution in [-0.4, -0.2) is 0 Å². The minimum absolute atomic E-state index is 0. The smallest absolute Gasteiger partial charge is 0.696 e. The average molecular weight is 142 g/mol. The second-order valence-corrected chi connectivity index (χ2v) is 0.274. The molecule has 3 nitrogen and oxygen atoms in total. The minimum Gasteiger partial charge on any atom is -0.696 e. The summed E-state index contributed by atoms with van der Waals surface area (Å²) in [6, 6.07) is 0. The van der Waals surface area contributed by atoms with Gasteiger partial charge in [0.1, 0.15) is 0 Å². The van der Waals surface area contributed by atoms with Crippen molar-refractivity contribution in [1.29, 1.82) is 5.26 Å². The van der Waals surface area contributed by atoms with Crippen molar-refractivity contribution < 1.29 is 17.4 Å². The zero-order valence-electron chi connectivity index (χ0n) is 2.92. The molecule has 5 heteroatoms. The molecule has 0 aliphatic rings. The molecule has 1 radical (unpaired) electrons. The van der Waals surface area contributed by atoms with Crippen molar-refractivity contribution in [1.82, 2.24) is 0 Å². The SMILES string of the molecule is N#C[S-].[Cr+3].[NH2-].[NH2-]. The second kappa shape index (κ2) is 66.2. The maximum atomic E-state index is 7.13. The second-order valence-electron chi connectivity index (χ2n) is 0.0913. The van der Waals surface area contributed by atoms with E-state index in [2.05, 4.69) is 12.6 Å². The van der Waals surface area contributed by atoms with Gasteiger partial charge < -0.3 is 24.9 Å². The third kappa shape index (κ3) is 1580. The molecule has 35 valence electrons. The summed E-state index contributed by atoms with van der Waals surface area (Å²) >= 11 is 3.70. The Morgan fingerprint density at radius 1 is 1.33 bits per heavy atom. The first kappa shape index (κ1) is 35.1. The summed E-state index contributed by atoms with van der Waals surface area (Å²) in [6.07, 6.45) is 0. The van der Waals surface area contributed by atoms with Crippen molar-refractivity contribution in [3.8, 4) is 5.40 Å². The first-order chi connectivity index (χ1) is 1.41. The van der Waals surface area contributed by atoms with E-state index in [4.69, 9.17) is 5.26 Å². The Hall–Kier alpha value is 0.162. The maximum absolute atomic E-state index is 7.13. The molecule has 0 saturated carbocycles. The molecule has 0 aromatic rings. The van der Waals surface area contributed by atoms with Gasteiger partial charge in [-0.3, -0.25) is 0 Å². The van der Waals surface area contributed by atoms with E-state index in [-0.39, 0.29) is 29.7 Å². The Labute approximate surface area is 53.4 Å². The van der Waals surface area contributed by atoms with E-state index in [0.29, 0.717) is 0 Å². The fourth-order valence-electron chi connectivity index (χ4n) is 0. The van der Waals surface area contributed by atoms with Crippen LogP contribution in [0.15, 0.2) is 0 Å². The number of hydrogen-bond acceptors (Lipinski definition) is 2. The summed E-state index contributed by atoms with van der Waals surface area (Å²) in [7, 11) is 0. The molecule has 0 aromatic heterocycles. The van der Waals surface area contributed by atoms with Gasteiger partial charge in [0, 0.05) is 0 Å². The van der Waals surface area contributed by atoms with Gasteiger partial charge in [0.25, 0.3) is 0 Å². The predicted octanol–water partition coefficient (Wildman–Crippen LogP) is 1.45. The van der Waals surface area contributed by atoms with Gasteiger partial charge in [0.15, 0.2) is 0 Å². The fraction of sp³-hybridized carbons (Fsp3) is 0. The summed E-state index contributed by atoms with van der Waals surface area (Å²) in [5, 5.41) is 8.47. The van der Waals surface area contributed by atoms with Gasteiger partial charge in [-0.15, -0.1) is 0 Å². The van der Waals surface area contributed by atoms with Gasteiger partial charge in [0.05, 0.1) is 0 Å². The zero-order valence-corrected chi connectivity index (χ0v) is 5.01. The van der Waals surface area contributed by atoms with Gasteiger partial charge in [-0.1, -0.05) is 5.40 Å². The summed E-state index contributed by atoms with van der Waals surface area (Å²) in [5.74, 6) is 0. The van der Waals surface area contributed by atoms with Crippen LogP contribution in [0.3, 0.4) is 0 Å². The van der Waals surface area contributed by atoms with E-state index in [1.54, 1.807) is 0 Å².